The first-order valence-corrected chi connectivity index (χ1v) is 5.13. The zero-order valence-electron chi connectivity index (χ0n) is 9.78. The lowest BCUT2D eigenvalue weighted by Crippen LogP contribution is -2.17. The molecule has 1 aromatic rings. The fourth-order valence-corrected chi connectivity index (χ4v) is 1.31. The predicted molar refractivity (Wildman–Crippen MR) is 55.8 cm³/mol. The molecule has 0 spiro atoms. The maximum Gasteiger partial charge on any atom is 0.151 e. The van der Waals surface area contributed by atoms with Crippen LogP contribution < -0.4 is 0 Å². The van der Waals surface area contributed by atoms with E-state index in [-0.39, 0.29) is 5.41 Å². The van der Waals surface area contributed by atoms with Gasteiger partial charge >= 0.3 is 0 Å². The summed E-state index contributed by atoms with van der Waals surface area (Å²) in [6.45, 7) is 11.8. The molecule has 80 valence electrons. The van der Waals surface area contributed by atoms with Gasteiger partial charge in [-0.1, -0.05) is 34.6 Å². The molecule has 0 saturated carbocycles. The lowest BCUT2D eigenvalue weighted by molar-refractivity contribution is 0.375. The van der Waals surface area contributed by atoms with Gasteiger partial charge in [-0.15, -0.1) is 5.10 Å². The van der Waals surface area contributed by atoms with Crippen LogP contribution in [0, 0.1) is 11.3 Å². The van der Waals surface area contributed by atoms with Crippen molar-refractivity contribution in [2.45, 2.75) is 47.6 Å². The first kappa shape index (κ1) is 11.1. The first-order chi connectivity index (χ1) is 6.38. The monoisotopic (exact) mass is 196 g/mol. The fourth-order valence-electron chi connectivity index (χ4n) is 1.31. The third-order valence-electron chi connectivity index (χ3n) is 1.83. The van der Waals surface area contributed by atoms with Crippen LogP contribution in [0.2, 0.25) is 0 Å². The Hall–Kier alpha value is -0.930. The van der Waals surface area contributed by atoms with E-state index in [1.807, 2.05) is 4.68 Å². The van der Waals surface area contributed by atoms with Crippen LogP contribution in [0.4, 0.5) is 0 Å². The van der Waals surface area contributed by atoms with Gasteiger partial charge < -0.3 is 0 Å². The Morgan fingerprint density at radius 1 is 1.29 bits per heavy atom. The number of tetrazole rings is 1. The second-order valence-electron chi connectivity index (χ2n) is 5.41. The molecule has 0 bridgehead atoms. The molecule has 0 amide bonds. The van der Waals surface area contributed by atoms with Gasteiger partial charge in [-0.3, -0.25) is 0 Å². The summed E-state index contributed by atoms with van der Waals surface area (Å²) in [6, 6.07) is 0. The van der Waals surface area contributed by atoms with Gasteiger partial charge in [0.05, 0.1) is 0 Å². The standard InChI is InChI=1S/C10H20N4/c1-8(2)7-14-9(11-12-13-14)6-10(3,4)5/h8H,6-7H2,1-5H3. The molecule has 0 saturated heterocycles. The Labute approximate surface area is 85.7 Å². The van der Waals surface area contributed by atoms with Crippen LogP contribution in [0.1, 0.15) is 40.4 Å². The zero-order chi connectivity index (χ0) is 10.8. The lowest BCUT2D eigenvalue weighted by Gasteiger charge is -2.17. The van der Waals surface area contributed by atoms with Gasteiger partial charge in [-0.25, -0.2) is 4.68 Å². The highest BCUT2D eigenvalue weighted by atomic mass is 15.5. The lowest BCUT2D eigenvalue weighted by atomic mass is 9.92. The molecule has 4 heteroatoms. The average Bonchev–Trinajstić information content (AvgIpc) is 2.32. The van der Waals surface area contributed by atoms with Crippen molar-refractivity contribution in [3.05, 3.63) is 5.82 Å². The molecule has 1 rings (SSSR count). The molecule has 4 nitrogen and oxygen atoms in total. The minimum absolute atomic E-state index is 0.240. The molecule has 0 aliphatic rings. The average molecular weight is 196 g/mol. The van der Waals surface area contributed by atoms with Crippen molar-refractivity contribution >= 4 is 0 Å². The summed E-state index contributed by atoms with van der Waals surface area (Å²) in [7, 11) is 0. The van der Waals surface area contributed by atoms with E-state index in [2.05, 4.69) is 50.1 Å². The molecule has 1 heterocycles. The third kappa shape index (κ3) is 3.44. The Morgan fingerprint density at radius 2 is 1.93 bits per heavy atom. The van der Waals surface area contributed by atoms with E-state index in [4.69, 9.17) is 0 Å². The van der Waals surface area contributed by atoms with Crippen LogP contribution in [0.25, 0.3) is 0 Å². The Kier molecular flexibility index (Phi) is 3.24. The van der Waals surface area contributed by atoms with Gasteiger partial charge in [0.1, 0.15) is 0 Å². The van der Waals surface area contributed by atoms with Gasteiger partial charge in [0.15, 0.2) is 5.82 Å². The van der Waals surface area contributed by atoms with E-state index in [1.165, 1.54) is 0 Å². The maximum absolute atomic E-state index is 4.06. The van der Waals surface area contributed by atoms with Gasteiger partial charge in [-0.05, 0) is 21.8 Å². The summed E-state index contributed by atoms with van der Waals surface area (Å²) in [5, 5.41) is 11.8. The highest BCUT2D eigenvalue weighted by molar-refractivity contribution is 4.86. The van der Waals surface area contributed by atoms with Gasteiger partial charge in [0, 0.05) is 13.0 Å². The van der Waals surface area contributed by atoms with Crippen molar-refractivity contribution in [1.29, 1.82) is 0 Å². The van der Waals surface area contributed by atoms with Crippen LogP contribution in [-0.4, -0.2) is 20.2 Å². The van der Waals surface area contributed by atoms with Crippen LogP contribution in [0.5, 0.6) is 0 Å². The molecule has 1 aromatic heterocycles. The summed E-state index contributed by atoms with van der Waals surface area (Å²) in [5.74, 6) is 1.57. The van der Waals surface area contributed by atoms with Crippen LogP contribution in [0.15, 0.2) is 0 Å². The smallest absolute Gasteiger partial charge is 0.151 e. The molecule has 0 unspecified atom stereocenters. The second kappa shape index (κ2) is 4.07. The molecule has 0 aromatic carbocycles. The van der Waals surface area contributed by atoms with Gasteiger partial charge in [0.25, 0.3) is 0 Å². The Bertz CT molecular complexity index is 283. The highest BCUT2D eigenvalue weighted by Gasteiger charge is 2.16. The summed E-state index contributed by atoms with van der Waals surface area (Å²) in [5.41, 5.74) is 0.240. The normalized spacial score (nSPS) is 12.4. The van der Waals surface area contributed by atoms with E-state index >= 15 is 0 Å². The predicted octanol–water partition coefficient (Wildman–Crippen LogP) is 1.92. The molecular formula is C10H20N4. The van der Waals surface area contributed by atoms with Crippen molar-refractivity contribution < 1.29 is 0 Å². The number of nitrogens with zero attached hydrogens (tertiary/aromatic N) is 4. The minimum Gasteiger partial charge on any atom is -0.229 e. The summed E-state index contributed by atoms with van der Waals surface area (Å²) >= 11 is 0. The van der Waals surface area contributed by atoms with Crippen molar-refractivity contribution in [2.75, 3.05) is 0 Å². The van der Waals surface area contributed by atoms with Crippen LogP contribution in [-0.2, 0) is 13.0 Å². The van der Waals surface area contributed by atoms with Crippen LogP contribution in [0.3, 0.4) is 0 Å². The Morgan fingerprint density at radius 3 is 2.43 bits per heavy atom. The largest absolute Gasteiger partial charge is 0.229 e. The van der Waals surface area contributed by atoms with E-state index in [0.29, 0.717) is 5.92 Å². The van der Waals surface area contributed by atoms with Crippen molar-refractivity contribution in [3.8, 4) is 0 Å². The van der Waals surface area contributed by atoms with Crippen molar-refractivity contribution in [2.24, 2.45) is 11.3 Å². The molecule has 0 aliphatic carbocycles. The van der Waals surface area contributed by atoms with E-state index in [9.17, 15) is 0 Å². The van der Waals surface area contributed by atoms with E-state index in [1.54, 1.807) is 0 Å². The summed E-state index contributed by atoms with van der Waals surface area (Å²) in [4.78, 5) is 0. The Balaban J connectivity index is 2.72. The van der Waals surface area contributed by atoms with E-state index in [0.717, 1.165) is 18.8 Å². The SMILES string of the molecule is CC(C)Cn1nnnc1CC(C)(C)C. The van der Waals surface area contributed by atoms with E-state index < -0.39 is 0 Å². The fraction of sp³-hybridized carbons (Fsp3) is 0.900. The minimum atomic E-state index is 0.240. The summed E-state index contributed by atoms with van der Waals surface area (Å²) < 4.78 is 1.91. The molecular weight excluding hydrogens is 176 g/mol. The van der Waals surface area contributed by atoms with Crippen molar-refractivity contribution in [1.82, 2.24) is 20.2 Å². The van der Waals surface area contributed by atoms with Crippen molar-refractivity contribution in [3.63, 3.8) is 0 Å². The van der Waals surface area contributed by atoms with Gasteiger partial charge in [0.2, 0.25) is 0 Å². The highest BCUT2D eigenvalue weighted by Crippen LogP contribution is 2.18. The number of rotatable bonds is 3. The molecule has 0 aliphatic heterocycles. The first-order valence-electron chi connectivity index (χ1n) is 5.13. The molecule has 0 atom stereocenters. The zero-order valence-corrected chi connectivity index (χ0v) is 9.78. The number of hydrogen-bond donors (Lipinski definition) is 0. The molecule has 0 radical (unpaired) electrons. The quantitative estimate of drug-likeness (QED) is 0.741. The number of aromatic nitrogens is 4. The maximum atomic E-state index is 4.06. The van der Waals surface area contributed by atoms with Crippen LogP contribution >= 0.6 is 0 Å². The topological polar surface area (TPSA) is 43.6 Å². The third-order valence-corrected chi connectivity index (χ3v) is 1.83. The molecule has 0 N–H and O–H groups in total. The number of hydrogen-bond acceptors (Lipinski definition) is 3. The molecule has 14 heavy (non-hydrogen) atoms. The molecule has 0 fully saturated rings. The second-order valence-corrected chi connectivity index (χ2v) is 5.41. The van der Waals surface area contributed by atoms with Gasteiger partial charge in [-0.2, -0.15) is 0 Å². The summed E-state index contributed by atoms with van der Waals surface area (Å²) in [6.07, 6.45) is 0.923.